The van der Waals surface area contributed by atoms with E-state index in [2.05, 4.69) is 20.6 Å². The molecule has 0 spiro atoms. The minimum atomic E-state index is -0.411. The number of H-pyrrole nitrogens is 1. The van der Waals surface area contributed by atoms with Gasteiger partial charge in [0.25, 0.3) is 17.4 Å². The molecular weight excluding hydrogens is 388 g/mol. The van der Waals surface area contributed by atoms with Crippen LogP contribution in [-0.4, -0.2) is 33.9 Å². The zero-order chi connectivity index (χ0) is 20.2. The number of nitrogens with one attached hydrogen (secondary N) is 3. The van der Waals surface area contributed by atoms with Crippen LogP contribution in [0.5, 0.6) is 0 Å². The molecule has 4 rings (SSSR count). The average molecular weight is 408 g/mol. The highest BCUT2D eigenvalue weighted by atomic mass is 32.1. The lowest BCUT2D eigenvalue weighted by Crippen LogP contribution is -2.38. The molecule has 1 aromatic carbocycles. The Kier molecular flexibility index (Phi) is 5.53. The molecule has 148 valence electrons. The highest BCUT2D eigenvalue weighted by Gasteiger charge is 2.28. The fourth-order valence-electron chi connectivity index (χ4n) is 3.46. The number of thiazole rings is 1. The molecule has 8 heteroatoms. The third-order valence-corrected chi connectivity index (χ3v) is 5.81. The van der Waals surface area contributed by atoms with Crippen molar-refractivity contribution < 1.29 is 9.59 Å². The first kappa shape index (κ1) is 19.1. The van der Waals surface area contributed by atoms with E-state index in [-0.39, 0.29) is 23.6 Å². The molecular formula is C21H20N4O3S. The van der Waals surface area contributed by atoms with Gasteiger partial charge in [-0.2, -0.15) is 0 Å². The monoisotopic (exact) mass is 408 g/mol. The number of rotatable bonds is 5. The Morgan fingerprint density at radius 1 is 1.00 bits per heavy atom. The molecule has 2 aromatic heterocycles. The second-order valence-electron chi connectivity index (χ2n) is 6.97. The predicted molar refractivity (Wildman–Crippen MR) is 111 cm³/mol. The Morgan fingerprint density at radius 2 is 1.72 bits per heavy atom. The number of benzene rings is 1. The Balaban J connectivity index is 1.33. The van der Waals surface area contributed by atoms with Crippen LogP contribution in [0, 0.1) is 0 Å². The summed E-state index contributed by atoms with van der Waals surface area (Å²) in [5.74, 6) is -0.601. The van der Waals surface area contributed by atoms with Crippen molar-refractivity contribution in [2.75, 3.05) is 0 Å². The summed E-state index contributed by atoms with van der Waals surface area (Å²) in [5.41, 5.74) is 1.06. The number of nitrogens with zero attached hydrogens (tertiary/aromatic N) is 1. The van der Waals surface area contributed by atoms with Gasteiger partial charge in [0.2, 0.25) is 0 Å². The first-order valence-electron chi connectivity index (χ1n) is 9.40. The van der Waals surface area contributed by atoms with Gasteiger partial charge in [-0.15, -0.1) is 11.3 Å². The average Bonchev–Trinajstić information content (AvgIpc) is 3.39. The van der Waals surface area contributed by atoms with Crippen LogP contribution in [0.25, 0.3) is 10.6 Å². The zero-order valence-corrected chi connectivity index (χ0v) is 16.4. The Hall–Kier alpha value is -3.26. The van der Waals surface area contributed by atoms with Crippen LogP contribution in [0.15, 0.2) is 58.8 Å². The van der Waals surface area contributed by atoms with Gasteiger partial charge in [-0.05, 0) is 31.4 Å². The molecule has 2 heterocycles. The van der Waals surface area contributed by atoms with Crippen molar-refractivity contribution in [1.29, 1.82) is 0 Å². The lowest BCUT2D eigenvalue weighted by atomic mass is 10.2. The number of aromatic nitrogens is 2. The number of hydrogen-bond donors (Lipinski definition) is 3. The van der Waals surface area contributed by atoms with Crippen LogP contribution >= 0.6 is 11.3 Å². The van der Waals surface area contributed by atoms with Crippen LogP contribution < -0.4 is 16.2 Å². The number of hydrogen-bond acceptors (Lipinski definition) is 5. The van der Waals surface area contributed by atoms with E-state index in [1.54, 1.807) is 11.4 Å². The van der Waals surface area contributed by atoms with E-state index >= 15 is 0 Å². The molecule has 2 amide bonds. The molecule has 0 unspecified atom stereocenters. The smallest absolute Gasteiger partial charge is 0.270 e. The van der Waals surface area contributed by atoms with E-state index in [0.717, 1.165) is 23.4 Å². The van der Waals surface area contributed by atoms with E-state index < -0.39 is 11.5 Å². The SMILES string of the molecule is O=C(N[C@@H]1CC[C@H](NC(=O)c2ccc[nH]c2=O)C1)c1csc(-c2ccccc2)n1. The molecule has 7 nitrogen and oxygen atoms in total. The fraction of sp³-hybridized carbons (Fsp3) is 0.238. The van der Waals surface area contributed by atoms with Gasteiger partial charge in [-0.1, -0.05) is 30.3 Å². The van der Waals surface area contributed by atoms with Crippen molar-refractivity contribution in [3.63, 3.8) is 0 Å². The number of aromatic amines is 1. The molecule has 1 saturated carbocycles. The minimum absolute atomic E-state index is 0.0382. The van der Waals surface area contributed by atoms with Crippen molar-refractivity contribution in [3.8, 4) is 10.6 Å². The molecule has 0 aliphatic heterocycles. The van der Waals surface area contributed by atoms with Gasteiger partial charge in [0, 0.05) is 29.2 Å². The second-order valence-corrected chi connectivity index (χ2v) is 7.83. The molecule has 1 fully saturated rings. The van der Waals surface area contributed by atoms with Gasteiger partial charge in [-0.25, -0.2) is 4.98 Å². The topological polar surface area (TPSA) is 104 Å². The predicted octanol–water partition coefficient (Wildman–Crippen LogP) is 2.58. The summed E-state index contributed by atoms with van der Waals surface area (Å²) in [5, 5.41) is 8.44. The third-order valence-electron chi connectivity index (χ3n) is 4.92. The Labute approximate surface area is 171 Å². The number of carbonyl (C=O) groups excluding carboxylic acids is 2. The van der Waals surface area contributed by atoms with Crippen LogP contribution in [-0.2, 0) is 0 Å². The summed E-state index contributed by atoms with van der Waals surface area (Å²) in [7, 11) is 0. The van der Waals surface area contributed by atoms with Crippen molar-refractivity contribution in [2.24, 2.45) is 0 Å². The lowest BCUT2D eigenvalue weighted by molar-refractivity contribution is 0.0933. The number of amides is 2. The van der Waals surface area contributed by atoms with Gasteiger partial charge < -0.3 is 15.6 Å². The van der Waals surface area contributed by atoms with Gasteiger partial charge in [0.05, 0.1) is 0 Å². The summed E-state index contributed by atoms with van der Waals surface area (Å²) >= 11 is 1.44. The first-order valence-corrected chi connectivity index (χ1v) is 10.3. The van der Waals surface area contributed by atoms with Crippen LogP contribution in [0.4, 0.5) is 0 Å². The van der Waals surface area contributed by atoms with E-state index in [1.165, 1.54) is 23.6 Å². The number of pyridine rings is 1. The van der Waals surface area contributed by atoms with Crippen molar-refractivity contribution in [2.45, 2.75) is 31.3 Å². The molecule has 1 aliphatic carbocycles. The second kappa shape index (κ2) is 8.40. The highest BCUT2D eigenvalue weighted by Crippen LogP contribution is 2.24. The van der Waals surface area contributed by atoms with Crippen LogP contribution in [0.3, 0.4) is 0 Å². The molecule has 3 N–H and O–H groups in total. The minimum Gasteiger partial charge on any atom is -0.349 e. The summed E-state index contributed by atoms with van der Waals surface area (Å²) < 4.78 is 0. The third kappa shape index (κ3) is 4.43. The van der Waals surface area contributed by atoms with Gasteiger partial charge >= 0.3 is 0 Å². The van der Waals surface area contributed by atoms with E-state index in [9.17, 15) is 14.4 Å². The zero-order valence-electron chi connectivity index (χ0n) is 15.6. The molecule has 3 aromatic rings. The lowest BCUT2D eigenvalue weighted by Gasteiger charge is -2.14. The van der Waals surface area contributed by atoms with E-state index in [0.29, 0.717) is 12.1 Å². The number of carbonyl (C=O) groups is 2. The molecule has 0 radical (unpaired) electrons. The van der Waals surface area contributed by atoms with E-state index in [1.807, 2.05) is 30.3 Å². The van der Waals surface area contributed by atoms with Gasteiger partial charge in [-0.3, -0.25) is 14.4 Å². The Bertz CT molecular complexity index is 1080. The van der Waals surface area contributed by atoms with E-state index in [4.69, 9.17) is 0 Å². The van der Waals surface area contributed by atoms with Crippen molar-refractivity contribution in [1.82, 2.24) is 20.6 Å². The van der Waals surface area contributed by atoms with Crippen LogP contribution in [0.1, 0.15) is 40.1 Å². The fourth-order valence-corrected chi connectivity index (χ4v) is 4.26. The molecule has 0 saturated heterocycles. The molecule has 0 bridgehead atoms. The highest BCUT2D eigenvalue weighted by molar-refractivity contribution is 7.13. The molecule has 2 atom stereocenters. The van der Waals surface area contributed by atoms with Gasteiger partial charge in [0.15, 0.2) is 0 Å². The summed E-state index contributed by atoms with van der Waals surface area (Å²) in [4.78, 5) is 43.5. The van der Waals surface area contributed by atoms with Crippen LogP contribution in [0.2, 0.25) is 0 Å². The van der Waals surface area contributed by atoms with Crippen molar-refractivity contribution in [3.05, 3.63) is 75.7 Å². The first-order chi connectivity index (χ1) is 14.1. The maximum absolute atomic E-state index is 12.5. The normalized spacial score (nSPS) is 18.3. The molecule has 29 heavy (non-hydrogen) atoms. The van der Waals surface area contributed by atoms with Crippen molar-refractivity contribution >= 4 is 23.2 Å². The van der Waals surface area contributed by atoms with Gasteiger partial charge in [0.1, 0.15) is 16.3 Å². The largest absolute Gasteiger partial charge is 0.349 e. The summed E-state index contributed by atoms with van der Waals surface area (Å²) in [6, 6.07) is 12.7. The standard InChI is InChI=1S/C21H20N4O3S/c26-18-16(7-4-10-22-18)19(27)23-14-8-9-15(11-14)24-20(28)17-12-29-21(25-17)13-5-2-1-3-6-13/h1-7,10,12,14-15H,8-9,11H2,(H,22,26)(H,23,27)(H,24,28)/t14-,15+/m0/s1. The summed E-state index contributed by atoms with van der Waals surface area (Å²) in [6.07, 6.45) is 3.62. The molecule has 1 aliphatic rings. The Morgan fingerprint density at radius 3 is 2.45 bits per heavy atom. The quantitative estimate of drug-likeness (QED) is 0.604. The summed E-state index contributed by atoms with van der Waals surface area (Å²) in [6.45, 7) is 0. The maximum atomic E-state index is 12.5. The maximum Gasteiger partial charge on any atom is 0.270 e.